The minimum Gasteiger partial charge on any atom is -0.497 e. The third-order valence-electron chi connectivity index (χ3n) is 4.27. The highest BCUT2D eigenvalue weighted by Gasteiger charge is 2.31. The molecule has 1 fully saturated rings. The Morgan fingerprint density at radius 2 is 1.91 bits per heavy atom. The summed E-state index contributed by atoms with van der Waals surface area (Å²) in [7, 11) is -2.32. The van der Waals surface area contributed by atoms with E-state index in [0.717, 1.165) is 12.8 Å². The zero-order valence-corrected chi connectivity index (χ0v) is 13.9. The van der Waals surface area contributed by atoms with Crippen LogP contribution in [0.1, 0.15) is 19.8 Å². The molecule has 1 aliphatic rings. The fourth-order valence-electron chi connectivity index (χ4n) is 2.74. The number of methoxy groups -OCH3 is 1. The van der Waals surface area contributed by atoms with Gasteiger partial charge in [-0.05, 0) is 37.0 Å². The highest BCUT2D eigenvalue weighted by molar-refractivity contribution is 7.89. The first-order valence-corrected chi connectivity index (χ1v) is 8.98. The second kappa shape index (κ2) is 5.98. The molecule has 1 aromatic heterocycles. The van der Waals surface area contributed by atoms with Crippen molar-refractivity contribution < 1.29 is 17.6 Å². The lowest BCUT2D eigenvalue weighted by atomic mass is 10.0. The number of nitrogens with zero attached hydrogens (tertiary/aromatic N) is 1. The molecule has 2 heterocycles. The number of piperidine rings is 1. The van der Waals surface area contributed by atoms with E-state index in [1.165, 1.54) is 17.5 Å². The smallest absolute Gasteiger partial charge is 0.356 e. The Hall–Kier alpha value is -1.86. The molecule has 0 atom stereocenters. The molecular weight excluding hydrogens is 318 g/mol. The van der Waals surface area contributed by atoms with E-state index in [-0.39, 0.29) is 4.90 Å². The molecule has 3 rings (SSSR count). The summed E-state index contributed by atoms with van der Waals surface area (Å²) in [6.45, 7) is 2.97. The quantitative estimate of drug-likeness (QED) is 0.803. The largest absolute Gasteiger partial charge is 0.497 e. The van der Waals surface area contributed by atoms with Crippen molar-refractivity contribution in [2.45, 2.75) is 24.7 Å². The SMILES string of the molecule is COc1ccc2cc(S(=O)(=O)N3CCC(C)CC3)c(=O)oc2c1. The maximum absolute atomic E-state index is 12.7. The second-order valence-electron chi connectivity index (χ2n) is 5.89. The van der Waals surface area contributed by atoms with E-state index in [2.05, 4.69) is 6.92 Å². The number of fused-ring (bicyclic) bond motifs is 1. The monoisotopic (exact) mass is 337 g/mol. The van der Waals surface area contributed by atoms with Gasteiger partial charge >= 0.3 is 5.63 Å². The Balaban J connectivity index is 2.05. The predicted octanol–water partition coefficient (Wildman–Crippen LogP) is 2.22. The van der Waals surface area contributed by atoms with Crippen molar-refractivity contribution in [2.24, 2.45) is 5.92 Å². The normalized spacial score (nSPS) is 17.5. The van der Waals surface area contributed by atoms with Crippen molar-refractivity contribution in [3.8, 4) is 5.75 Å². The van der Waals surface area contributed by atoms with Gasteiger partial charge in [0.1, 0.15) is 11.3 Å². The summed E-state index contributed by atoms with van der Waals surface area (Å²) in [5, 5.41) is 0.550. The summed E-state index contributed by atoms with van der Waals surface area (Å²) < 4.78 is 37.1. The Kier molecular flexibility index (Phi) is 4.16. The summed E-state index contributed by atoms with van der Waals surface area (Å²) >= 11 is 0. The molecule has 6 nitrogen and oxygen atoms in total. The van der Waals surface area contributed by atoms with Crippen LogP contribution >= 0.6 is 0 Å². The fraction of sp³-hybridized carbons (Fsp3) is 0.438. The summed E-state index contributed by atoms with van der Waals surface area (Å²) in [4.78, 5) is 11.9. The molecule has 0 aliphatic carbocycles. The molecule has 0 radical (unpaired) electrons. The van der Waals surface area contributed by atoms with Crippen molar-refractivity contribution in [2.75, 3.05) is 20.2 Å². The van der Waals surface area contributed by atoms with Crippen molar-refractivity contribution in [1.82, 2.24) is 4.31 Å². The maximum atomic E-state index is 12.7. The summed E-state index contributed by atoms with van der Waals surface area (Å²) in [5.74, 6) is 1.04. The van der Waals surface area contributed by atoms with Crippen molar-refractivity contribution >= 4 is 21.0 Å². The Labute approximate surface area is 134 Å². The van der Waals surface area contributed by atoms with Crippen LogP contribution in [0.5, 0.6) is 5.75 Å². The third kappa shape index (κ3) is 2.98. The first-order chi connectivity index (χ1) is 10.9. The lowest BCUT2D eigenvalue weighted by Gasteiger charge is -2.29. The minimum absolute atomic E-state index is 0.301. The average Bonchev–Trinajstić information content (AvgIpc) is 2.53. The topological polar surface area (TPSA) is 76.8 Å². The first kappa shape index (κ1) is 16.0. The van der Waals surface area contributed by atoms with E-state index >= 15 is 0 Å². The van der Waals surface area contributed by atoms with Gasteiger partial charge in [0.15, 0.2) is 4.90 Å². The van der Waals surface area contributed by atoms with Gasteiger partial charge in [0.2, 0.25) is 10.0 Å². The van der Waals surface area contributed by atoms with Crippen LogP contribution in [0.25, 0.3) is 11.0 Å². The molecule has 1 aliphatic heterocycles. The predicted molar refractivity (Wildman–Crippen MR) is 86.2 cm³/mol. The fourth-order valence-corrected chi connectivity index (χ4v) is 4.24. The van der Waals surface area contributed by atoms with E-state index in [1.807, 2.05) is 0 Å². The summed E-state index contributed by atoms with van der Waals surface area (Å²) in [6.07, 6.45) is 1.60. The number of ether oxygens (including phenoxy) is 1. The molecule has 2 aromatic rings. The van der Waals surface area contributed by atoms with Crippen LogP contribution < -0.4 is 10.4 Å². The van der Waals surface area contributed by atoms with E-state index in [1.54, 1.807) is 18.2 Å². The van der Waals surface area contributed by atoms with Crippen molar-refractivity contribution in [3.63, 3.8) is 0 Å². The van der Waals surface area contributed by atoms with Crippen LogP contribution in [0.4, 0.5) is 0 Å². The molecule has 1 saturated heterocycles. The van der Waals surface area contributed by atoms with Crippen LogP contribution in [0.15, 0.2) is 38.4 Å². The first-order valence-electron chi connectivity index (χ1n) is 7.54. The summed E-state index contributed by atoms with van der Waals surface area (Å²) in [6, 6.07) is 6.32. The number of hydrogen-bond acceptors (Lipinski definition) is 5. The average molecular weight is 337 g/mol. The van der Waals surface area contributed by atoms with Crippen molar-refractivity contribution in [3.05, 3.63) is 34.7 Å². The number of sulfonamides is 1. The van der Waals surface area contributed by atoms with Gasteiger partial charge in [-0.25, -0.2) is 13.2 Å². The standard InChI is InChI=1S/C16H19NO5S/c1-11-5-7-17(8-6-11)23(19,20)15-9-12-3-4-13(21-2)10-14(12)22-16(15)18/h3-4,9-11H,5-8H2,1-2H3. The van der Waals surface area contributed by atoms with Gasteiger partial charge in [0.05, 0.1) is 7.11 Å². The lowest BCUT2D eigenvalue weighted by molar-refractivity contribution is 0.287. The van der Waals surface area contributed by atoms with Gasteiger partial charge in [-0.1, -0.05) is 6.92 Å². The molecule has 0 saturated carbocycles. The van der Waals surface area contributed by atoms with E-state index in [0.29, 0.717) is 35.7 Å². The minimum atomic E-state index is -3.83. The van der Waals surface area contributed by atoms with Gasteiger partial charge < -0.3 is 9.15 Å². The van der Waals surface area contributed by atoms with Crippen LogP contribution in [0, 0.1) is 5.92 Å². The van der Waals surface area contributed by atoms with E-state index in [9.17, 15) is 13.2 Å². The van der Waals surface area contributed by atoms with Crippen LogP contribution in [0.2, 0.25) is 0 Å². The molecule has 0 amide bonds. The van der Waals surface area contributed by atoms with Crippen LogP contribution in [-0.4, -0.2) is 32.9 Å². The van der Waals surface area contributed by atoms with Crippen LogP contribution in [-0.2, 0) is 10.0 Å². The number of rotatable bonds is 3. The Bertz CT molecular complexity index is 879. The van der Waals surface area contributed by atoms with Crippen LogP contribution in [0.3, 0.4) is 0 Å². The zero-order valence-electron chi connectivity index (χ0n) is 13.1. The molecule has 0 N–H and O–H groups in total. The molecule has 0 unspecified atom stereocenters. The molecule has 0 spiro atoms. The van der Waals surface area contributed by atoms with Gasteiger partial charge in [-0.2, -0.15) is 4.31 Å². The zero-order chi connectivity index (χ0) is 16.6. The molecule has 1 aromatic carbocycles. The lowest BCUT2D eigenvalue weighted by Crippen LogP contribution is -2.39. The van der Waals surface area contributed by atoms with Gasteiger partial charge in [0, 0.05) is 24.5 Å². The molecule has 0 bridgehead atoms. The highest BCUT2D eigenvalue weighted by atomic mass is 32.2. The molecule has 124 valence electrons. The third-order valence-corrected chi connectivity index (χ3v) is 6.16. The Morgan fingerprint density at radius 1 is 1.22 bits per heavy atom. The molecule has 7 heteroatoms. The number of benzene rings is 1. The van der Waals surface area contributed by atoms with Gasteiger partial charge in [0.25, 0.3) is 0 Å². The maximum Gasteiger partial charge on any atom is 0.356 e. The molecular formula is C16H19NO5S. The van der Waals surface area contributed by atoms with Gasteiger partial charge in [-0.15, -0.1) is 0 Å². The van der Waals surface area contributed by atoms with E-state index in [4.69, 9.17) is 9.15 Å². The summed E-state index contributed by atoms with van der Waals surface area (Å²) in [5.41, 5.74) is -0.537. The van der Waals surface area contributed by atoms with E-state index < -0.39 is 15.6 Å². The number of hydrogen-bond donors (Lipinski definition) is 0. The van der Waals surface area contributed by atoms with Gasteiger partial charge in [-0.3, -0.25) is 0 Å². The highest BCUT2D eigenvalue weighted by Crippen LogP contribution is 2.25. The second-order valence-corrected chi connectivity index (χ2v) is 7.79. The Morgan fingerprint density at radius 3 is 2.57 bits per heavy atom. The molecule has 23 heavy (non-hydrogen) atoms. The van der Waals surface area contributed by atoms with Crippen molar-refractivity contribution in [1.29, 1.82) is 0 Å².